The predicted molar refractivity (Wildman–Crippen MR) is 102 cm³/mol. The Kier molecular flexibility index (Phi) is 5.30. The van der Waals surface area contributed by atoms with E-state index in [1.54, 1.807) is 13.8 Å². The molecule has 0 radical (unpaired) electrons. The molecule has 0 heterocycles. The largest absolute Gasteiger partial charge is 0.481 e. The molecule has 4 aliphatic rings. The number of hydrogen-bond donors (Lipinski definition) is 3. The van der Waals surface area contributed by atoms with Crippen LogP contribution in [0.3, 0.4) is 0 Å². The lowest BCUT2D eigenvalue weighted by Crippen LogP contribution is -2.59. The van der Waals surface area contributed by atoms with Gasteiger partial charge in [-0.1, -0.05) is 13.8 Å². The summed E-state index contributed by atoms with van der Waals surface area (Å²) < 4.78 is 0. The number of amides is 2. The summed E-state index contributed by atoms with van der Waals surface area (Å²) >= 11 is 0. The van der Waals surface area contributed by atoms with Gasteiger partial charge in [0.15, 0.2) is 0 Å². The number of carbonyl (C=O) groups excluding carboxylic acids is 2. The van der Waals surface area contributed by atoms with Gasteiger partial charge < -0.3 is 15.7 Å². The van der Waals surface area contributed by atoms with Gasteiger partial charge in [0.1, 0.15) is 6.04 Å². The standard InChI is InChI=1S/C21H34N2O4/c1-12(2)16(17(24)22-11-20(3,4)19(26)27)23-18(25)21-8-13-5-14(9-21)7-15(6-13)10-21/h12-16H,5-11H2,1-4H3,(H,22,24)(H,23,25)(H,26,27). The minimum absolute atomic E-state index is 0.0351. The molecule has 4 aliphatic carbocycles. The van der Waals surface area contributed by atoms with E-state index >= 15 is 0 Å². The molecule has 0 spiro atoms. The lowest BCUT2D eigenvalue weighted by atomic mass is 9.49. The second-order valence-corrected chi connectivity index (χ2v) is 10.3. The number of hydrogen-bond acceptors (Lipinski definition) is 3. The first kappa shape index (κ1) is 20.2. The topological polar surface area (TPSA) is 95.5 Å². The molecular formula is C21H34N2O4. The number of nitrogens with one attached hydrogen (secondary N) is 2. The van der Waals surface area contributed by atoms with E-state index < -0.39 is 17.4 Å². The smallest absolute Gasteiger partial charge is 0.310 e. The third-order valence-electron chi connectivity index (χ3n) is 7.04. The Hall–Kier alpha value is -1.59. The van der Waals surface area contributed by atoms with Gasteiger partial charge >= 0.3 is 5.97 Å². The van der Waals surface area contributed by atoms with E-state index in [0.717, 1.165) is 19.3 Å². The summed E-state index contributed by atoms with van der Waals surface area (Å²) in [6, 6.07) is -0.630. The van der Waals surface area contributed by atoms with Crippen molar-refractivity contribution in [3.8, 4) is 0 Å². The number of rotatable bonds is 7. The van der Waals surface area contributed by atoms with Crippen molar-refractivity contribution < 1.29 is 19.5 Å². The van der Waals surface area contributed by atoms with Gasteiger partial charge in [-0.05, 0) is 76.0 Å². The van der Waals surface area contributed by atoms with Crippen molar-refractivity contribution in [3.05, 3.63) is 0 Å². The molecule has 4 saturated carbocycles. The van der Waals surface area contributed by atoms with Gasteiger partial charge in [-0.25, -0.2) is 0 Å². The van der Waals surface area contributed by atoms with Crippen LogP contribution in [0.25, 0.3) is 0 Å². The fourth-order valence-corrected chi connectivity index (χ4v) is 5.71. The van der Waals surface area contributed by atoms with Crippen molar-refractivity contribution in [1.29, 1.82) is 0 Å². The van der Waals surface area contributed by atoms with Crippen molar-refractivity contribution in [2.75, 3.05) is 6.54 Å². The van der Waals surface area contributed by atoms with Crippen LogP contribution in [0.4, 0.5) is 0 Å². The second-order valence-electron chi connectivity index (χ2n) is 10.3. The molecular weight excluding hydrogens is 344 g/mol. The summed E-state index contributed by atoms with van der Waals surface area (Å²) in [5, 5.41) is 15.0. The van der Waals surface area contributed by atoms with E-state index in [4.69, 9.17) is 0 Å². The molecule has 6 heteroatoms. The van der Waals surface area contributed by atoms with Crippen LogP contribution >= 0.6 is 0 Å². The quantitative estimate of drug-likeness (QED) is 0.634. The molecule has 1 unspecified atom stereocenters. The van der Waals surface area contributed by atoms with E-state index in [9.17, 15) is 19.5 Å². The minimum Gasteiger partial charge on any atom is -0.481 e. The zero-order valence-corrected chi connectivity index (χ0v) is 17.0. The van der Waals surface area contributed by atoms with Crippen LogP contribution in [-0.4, -0.2) is 35.5 Å². The van der Waals surface area contributed by atoms with Crippen LogP contribution < -0.4 is 10.6 Å². The Morgan fingerprint density at radius 1 is 1.04 bits per heavy atom. The van der Waals surface area contributed by atoms with E-state index in [-0.39, 0.29) is 29.7 Å². The highest BCUT2D eigenvalue weighted by molar-refractivity contribution is 5.90. The number of carbonyl (C=O) groups is 3. The molecule has 0 aromatic rings. The first-order valence-corrected chi connectivity index (χ1v) is 10.3. The minimum atomic E-state index is -1.04. The van der Waals surface area contributed by atoms with Gasteiger partial charge in [0.2, 0.25) is 11.8 Å². The maximum Gasteiger partial charge on any atom is 0.310 e. The Labute approximate surface area is 161 Å². The molecule has 27 heavy (non-hydrogen) atoms. The Balaban J connectivity index is 1.65. The van der Waals surface area contributed by atoms with Gasteiger partial charge in [-0.3, -0.25) is 14.4 Å². The average Bonchev–Trinajstić information content (AvgIpc) is 2.55. The highest BCUT2D eigenvalue weighted by Gasteiger charge is 2.55. The number of carboxylic acid groups (broad SMARTS) is 1. The lowest BCUT2D eigenvalue weighted by molar-refractivity contribution is -0.150. The zero-order valence-electron chi connectivity index (χ0n) is 17.0. The van der Waals surface area contributed by atoms with Gasteiger partial charge in [0.05, 0.1) is 5.41 Å². The van der Waals surface area contributed by atoms with Gasteiger partial charge in [0.25, 0.3) is 0 Å². The lowest BCUT2D eigenvalue weighted by Gasteiger charge is -2.55. The average molecular weight is 379 g/mol. The molecule has 0 aliphatic heterocycles. The SMILES string of the molecule is CC(C)C(NC(=O)C12CC3CC(CC(C3)C1)C2)C(=O)NCC(C)(C)C(=O)O. The Morgan fingerprint density at radius 3 is 1.93 bits per heavy atom. The molecule has 2 amide bonds. The van der Waals surface area contributed by atoms with Crippen molar-refractivity contribution in [2.45, 2.75) is 72.3 Å². The summed E-state index contributed by atoms with van der Waals surface area (Å²) in [6.07, 6.45) is 6.69. The van der Waals surface area contributed by atoms with Gasteiger partial charge in [-0.2, -0.15) is 0 Å². The number of aliphatic carboxylic acids is 1. The molecule has 4 fully saturated rings. The van der Waals surface area contributed by atoms with Crippen molar-refractivity contribution in [3.63, 3.8) is 0 Å². The molecule has 0 saturated heterocycles. The Morgan fingerprint density at radius 2 is 1.52 bits per heavy atom. The van der Waals surface area contributed by atoms with E-state index in [1.165, 1.54) is 19.3 Å². The van der Waals surface area contributed by atoms with Crippen LogP contribution in [-0.2, 0) is 14.4 Å². The van der Waals surface area contributed by atoms with Crippen LogP contribution in [0.2, 0.25) is 0 Å². The summed E-state index contributed by atoms with van der Waals surface area (Å²) in [5.74, 6) is 0.738. The van der Waals surface area contributed by atoms with Gasteiger partial charge in [-0.15, -0.1) is 0 Å². The molecule has 3 N–H and O–H groups in total. The molecule has 6 nitrogen and oxygen atoms in total. The maximum absolute atomic E-state index is 13.2. The first-order chi connectivity index (χ1) is 12.5. The highest BCUT2D eigenvalue weighted by Crippen LogP contribution is 2.60. The maximum atomic E-state index is 13.2. The molecule has 4 rings (SSSR count). The fourth-order valence-electron chi connectivity index (χ4n) is 5.71. The normalized spacial score (nSPS) is 33.0. The van der Waals surface area contributed by atoms with E-state index in [1.807, 2.05) is 13.8 Å². The molecule has 1 atom stereocenters. The van der Waals surface area contributed by atoms with Crippen LogP contribution in [0.15, 0.2) is 0 Å². The Bertz CT molecular complexity index is 590. The summed E-state index contributed by atoms with van der Waals surface area (Å²) in [7, 11) is 0. The highest BCUT2D eigenvalue weighted by atomic mass is 16.4. The monoisotopic (exact) mass is 378 g/mol. The van der Waals surface area contributed by atoms with Gasteiger partial charge in [0, 0.05) is 12.0 Å². The molecule has 152 valence electrons. The third-order valence-corrected chi connectivity index (χ3v) is 7.04. The third kappa shape index (κ3) is 3.99. The van der Waals surface area contributed by atoms with Crippen molar-refractivity contribution in [2.24, 2.45) is 34.5 Å². The fraction of sp³-hybridized carbons (Fsp3) is 0.857. The first-order valence-electron chi connectivity index (χ1n) is 10.3. The van der Waals surface area contributed by atoms with Crippen molar-refractivity contribution in [1.82, 2.24) is 10.6 Å². The number of carboxylic acids is 1. The van der Waals surface area contributed by atoms with E-state index in [0.29, 0.717) is 17.8 Å². The molecule has 4 bridgehead atoms. The molecule has 0 aromatic heterocycles. The second kappa shape index (κ2) is 7.10. The van der Waals surface area contributed by atoms with E-state index in [2.05, 4.69) is 10.6 Å². The summed E-state index contributed by atoms with van der Waals surface area (Å²) in [5.41, 5.74) is -1.33. The van der Waals surface area contributed by atoms with Crippen LogP contribution in [0.1, 0.15) is 66.2 Å². The summed E-state index contributed by atoms with van der Waals surface area (Å²) in [6.45, 7) is 7.01. The summed E-state index contributed by atoms with van der Waals surface area (Å²) in [4.78, 5) is 37.2. The zero-order chi connectivity index (χ0) is 20.0. The molecule has 0 aromatic carbocycles. The van der Waals surface area contributed by atoms with Crippen LogP contribution in [0.5, 0.6) is 0 Å². The van der Waals surface area contributed by atoms with Crippen LogP contribution in [0, 0.1) is 34.5 Å². The van der Waals surface area contributed by atoms with Crippen molar-refractivity contribution >= 4 is 17.8 Å². The predicted octanol–water partition coefficient (Wildman–Crippen LogP) is 2.57.